The molecule has 0 saturated heterocycles. The summed E-state index contributed by atoms with van der Waals surface area (Å²) in [4.78, 5) is 28.3. The average molecular weight is 378 g/mol. The topological polar surface area (TPSA) is 47.0 Å². The van der Waals surface area contributed by atoms with Gasteiger partial charge in [-0.1, -0.05) is 61.9 Å². The van der Waals surface area contributed by atoms with E-state index in [1.807, 2.05) is 17.5 Å². The second-order valence-electron chi connectivity index (χ2n) is 6.75. The predicted octanol–water partition coefficient (Wildman–Crippen LogP) is 5.32. The molecule has 0 saturated carbocycles. The Morgan fingerprint density at radius 2 is 1.59 bits per heavy atom. The Hall–Kier alpha value is -2.59. The minimum atomic E-state index is 0.0450. The van der Waals surface area contributed by atoms with Crippen molar-refractivity contribution >= 4 is 22.9 Å². The summed E-state index contributed by atoms with van der Waals surface area (Å²) in [6.45, 7) is 3.74. The summed E-state index contributed by atoms with van der Waals surface area (Å²) >= 11 is 1.52. The molecule has 0 amide bonds. The Morgan fingerprint density at radius 1 is 0.926 bits per heavy atom. The highest BCUT2D eigenvalue weighted by Crippen LogP contribution is 2.23. The molecule has 0 aliphatic rings. The Labute approximate surface area is 164 Å². The zero-order valence-electron chi connectivity index (χ0n) is 15.7. The highest BCUT2D eigenvalue weighted by molar-refractivity contribution is 7.10. The molecule has 0 atom stereocenters. The van der Waals surface area contributed by atoms with Gasteiger partial charge >= 0.3 is 0 Å². The molecule has 0 unspecified atom stereocenters. The largest absolute Gasteiger partial charge is 0.300 e. The van der Waals surface area contributed by atoms with E-state index in [0.717, 1.165) is 34.7 Å². The molecule has 3 nitrogen and oxygen atoms in total. The molecule has 0 N–H and O–H groups in total. The van der Waals surface area contributed by atoms with E-state index in [-0.39, 0.29) is 11.6 Å². The zero-order chi connectivity index (χ0) is 19.2. The molecule has 0 radical (unpaired) electrons. The zero-order valence-corrected chi connectivity index (χ0v) is 16.5. The van der Waals surface area contributed by atoms with Gasteiger partial charge in [0.05, 0.1) is 12.1 Å². The predicted molar refractivity (Wildman–Crippen MR) is 110 cm³/mol. The van der Waals surface area contributed by atoms with E-state index >= 15 is 0 Å². The van der Waals surface area contributed by atoms with Crippen LogP contribution in [-0.2, 0) is 24.1 Å². The number of aromatic nitrogens is 1. The summed E-state index contributed by atoms with van der Waals surface area (Å²) in [5.74, 6) is 0.163. The van der Waals surface area contributed by atoms with Crippen LogP contribution in [0.4, 0.5) is 0 Å². The van der Waals surface area contributed by atoms with Crippen molar-refractivity contribution in [3.63, 3.8) is 0 Å². The van der Waals surface area contributed by atoms with Gasteiger partial charge in [-0.2, -0.15) is 0 Å². The van der Waals surface area contributed by atoms with E-state index in [9.17, 15) is 9.59 Å². The first-order valence-electron chi connectivity index (χ1n) is 9.20. The number of nitrogens with zero attached hydrogens (tertiary/aromatic N) is 1. The lowest BCUT2D eigenvalue weighted by Gasteiger charge is -2.02. The number of ketones is 2. The van der Waals surface area contributed by atoms with Gasteiger partial charge in [0.25, 0.3) is 0 Å². The van der Waals surface area contributed by atoms with Gasteiger partial charge in [-0.15, -0.1) is 11.3 Å². The van der Waals surface area contributed by atoms with Crippen LogP contribution in [0.3, 0.4) is 0 Å². The molecule has 4 heteroatoms. The summed E-state index contributed by atoms with van der Waals surface area (Å²) in [7, 11) is 0. The molecule has 27 heavy (non-hydrogen) atoms. The quantitative estimate of drug-likeness (QED) is 0.499. The first kappa shape index (κ1) is 19.2. The molecular weight excluding hydrogens is 354 g/mol. The maximum Gasteiger partial charge on any atom is 0.169 e. The van der Waals surface area contributed by atoms with Crippen molar-refractivity contribution in [2.24, 2.45) is 0 Å². The Bertz CT molecular complexity index is 924. The van der Waals surface area contributed by atoms with Crippen molar-refractivity contribution < 1.29 is 9.59 Å². The van der Waals surface area contributed by atoms with Gasteiger partial charge in [0.2, 0.25) is 0 Å². The number of hydrogen-bond acceptors (Lipinski definition) is 4. The maximum atomic E-state index is 12.5. The number of rotatable bonds is 8. The number of aryl methyl sites for hydroxylation is 1. The van der Waals surface area contributed by atoms with E-state index in [4.69, 9.17) is 0 Å². The van der Waals surface area contributed by atoms with E-state index in [1.54, 1.807) is 19.1 Å². The van der Waals surface area contributed by atoms with Crippen molar-refractivity contribution in [3.8, 4) is 11.3 Å². The van der Waals surface area contributed by atoms with Gasteiger partial charge in [-0.05, 0) is 24.5 Å². The van der Waals surface area contributed by atoms with Gasteiger partial charge in [0, 0.05) is 22.9 Å². The van der Waals surface area contributed by atoms with Crippen LogP contribution < -0.4 is 0 Å². The van der Waals surface area contributed by atoms with Gasteiger partial charge in [0.1, 0.15) is 10.8 Å². The fourth-order valence-electron chi connectivity index (χ4n) is 2.99. The van der Waals surface area contributed by atoms with Crippen LogP contribution in [0.5, 0.6) is 0 Å². The summed E-state index contributed by atoms with van der Waals surface area (Å²) in [5, 5.41) is 2.83. The van der Waals surface area contributed by atoms with E-state index in [0.29, 0.717) is 18.4 Å². The molecule has 138 valence electrons. The maximum absolute atomic E-state index is 12.5. The third-order valence-corrected chi connectivity index (χ3v) is 5.23. The molecule has 0 fully saturated rings. The molecule has 0 aliphatic carbocycles. The van der Waals surface area contributed by atoms with Crippen LogP contribution in [0.15, 0.2) is 53.9 Å². The van der Waals surface area contributed by atoms with Crippen LogP contribution >= 0.6 is 11.3 Å². The fourth-order valence-corrected chi connectivity index (χ4v) is 3.79. The Kier molecular flexibility index (Phi) is 6.30. The highest BCUT2D eigenvalue weighted by atomic mass is 32.1. The Balaban J connectivity index is 1.66. The van der Waals surface area contributed by atoms with Crippen LogP contribution in [0.2, 0.25) is 0 Å². The van der Waals surface area contributed by atoms with Gasteiger partial charge in [-0.25, -0.2) is 4.98 Å². The third kappa shape index (κ3) is 5.20. The van der Waals surface area contributed by atoms with E-state index in [2.05, 4.69) is 36.2 Å². The molecule has 0 aliphatic heterocycles. The second kappa shape index (κ2) is 8.87. The second-order valence-corrected chi connectivity index (χ2v) is 7.69. The van der Waals surface area contributed by atoms with Crippen LogP contribution in [-0.4, -0.2) is 16.6 Å². The first-order valence-corrected chi connectivity index (χ1v) is 10.1. The normalized spacial score (nSPS) is 10.7. The summed E-state index contributed by atoms with van der Waals surface area (Å²) in [6.07, 6.45) is 2.92. The van der Waals surface area contributed by atoms with E-state index in [1.165, 1.54) is 16.9 Å². The number of benzene rings is 2. The van der Waals surface area contributed by atoms with Crippen molar-refractivity contribution in [2.75, 3.05) is 0 Å². The molecule has 3 aromatic rings. The third-order valence-electron chi connectivity index (χ3n) is 4.38. The van der Waals surface area contributed by atoms with E-state index < -0.39 is 0 Å². The van der Waals surface area contributed by atoms with Crippen molar-refractivity contribution in [1.82, 2.24) is 4.98 Å². The standard InChI is InChI=1S/C23H23NO2S/c1-3-4-17-5-9-19(10-6-17)21-15-27-23(24-21)14-22(26)20-11-7-18(8-12-20)13-16(2)25/h5-12,15H,3-4,13-14H2,1-2H3. The average Bonchev–Trinajstić information content (AvgIpc) is 3.11. The molecular formula is C23H23NO2S. The van der Waals surface area contributed by atoms with Crippen LogP contribution in [0, 0.1) is 0 Å². The lowest BCUT2D eigenvalue weighted by atomic mass is 10.0. The van der Waals surface area contributed by atoms with Gasteiger partial charge < -0.3 is 0 Å². The fraction of sp³-hybridized carbons (Fsp3) is 0.261. The monoisotopic (exact) mass is 377 g/mol. The molecule has 1 heterocycles. The summed E-state index contributed by atoms with van der Waals surface area (Å²) < 4.78 is 0. The first-order chi connectivity index (χ1) is 13.0. The van der Waals surface area contributed by atoms with Crippen molar-refractivity contribution in [3.05, 3.63) is 75.6 Å². The Morgan fingerprint density at radius 3 is 2.22 bits per heavy atom. The summed E-state index contributed by atoms with van der Waals surface area (Å²) in [5.41, 5.74) is 4.92. The van der Waals surface area contributed by atoms with Gasteiger partial charge in [0.15, 0.2) is 5.78 Å². The van der Waals surface area contributed by atoms with Crippen molar-refractivity contribution in [2.45, 2.75) is 39.5 Å². The lowest BCUT2D eigenvalue weighted by molar-refractivity contribution is -0.116. The number of carbonyl (C=O) groups excluding carboxylic acids is 2. The molecule has 2 aromatic carbocycles. The van der Waals surface area contributed by atoms with Crippen molar-refractivity contribution in [1.29, 1.82) is 0 Å². The smallest absolute Gasteiger partial charge is 0.169 e. The number of thiazole rings is 1. The van der Waals surface area contributed by atoms with Crippen LogP contribution in [0.25, 0.3) is 11.3 Å². The molecule has 0 spiro atoms. The van der Waals surface area contributed by atoms with Gasteiger partial charge in [-0.3, -0.25) is 9.59 Å². The minimum absolute atomic E-state index is 0.0450. The van der Waals surface area contributed by atoms with Crippen LogP contribution in [0.1, 0.15) is 46.8 Å². The lowest BCUT2D eigenvalue weighted by Crippen LogP contribution is -2.04. The summed E-state index contributed by atoms with van der Waals surface area (Å²) in [6, 6.07) is 15.8. The molecule has 0 bridgehead atoms. The molecule has 3 rings (SSSR count). The number of hydrogen-bond donors (Lipinski definition) is 0. The molecule has 1 aromatic heterocycles. The SMILES string of the molecule is CCCc1ccc(-c2csc(CC(=O)c3ccc(CC(C)=O)cc3)n2)cc1. The number of carbonyl (C=O) groups is 2. The number of Topliss-reactive ketones (excluding diaryl/α,β-unsaturated/α-hetero) is 2. The highest BCUT2D eigenvalue weighted by Gasteiger charge is 2.12. The minimum Gasteiger partial charge on any atom is -0.300 e.